The summed E-state index contributed by atoms with van der Waals surface area (Å²) in [4.78, 5) is 11.9. The molecule has 0 fully saturated rings. The van der Waals surface area contributed by atoms with E-state index in [1.54, 1.807) is 6.20 Å². The second-order valence-electron chi connectivity index (χ2n) is 4.74. The van der Waals surface area contributed by atoms with Gasteiger partial charge in [0.25, 0.3) is 5.91 Å². The van der Waals surface area contributed by atoms with Gasteiger partial charge in [-0.2, -0.15) is 5.10 Å². The number of benzene rings is 1. The summed E-state index contributed by atoms with van der Waals surface area (Å²) in [7, 11) is 0. The number of hydrogen-bond donors (Lipinski definition) is 3. The van der Waals surface area contributed by atoms with Crippen LogP contribution in [0.4, 0.5) is 5.69 Å². The van der Waals surface area contributed by atoms with E-state index in [0.29, 0.717) is 5.56 Å². The molecule has 20 heavy (non-hydrogen) atoms. The van der Waals surface area contributed by atoms with Crippen LogP contribution in [0.3, 0.4) is 0 Å². The van der Waals surface area contributed by atoms with Crippen LogP contribution in [0, 0.1) is 0 Å². The Morgan fingerprint density at radius 2 is 2.30 bits per heavy atom. The van der Waals surface area contributed by atoms with Gasteiger partial charge in [0.05, 0.1) is 11.8 Å². The molecule has 3 N–H and O–H groups in total. The normalized spacial score (nSPS) is 12.1. The average Bonchev–Trinajstić information content (AvgIpc) is 2.99. The number of amides is 1. The van der Waals surface area contributed by atoms with Crippen molar-refractivity contribution in [1.29, 1.82) is 0 Å². The second kappa shape index (κ2) is 6.86. The molecule has 0 aliphatic rings. The van der Waals surface area contributed by atoms with E-state index in [2.05, 4.69) is 40.7 Å². The first-order valence-corrected chi connectivity index (χ1v) is 6.84. The number of anilines is 1. The molecule has 1 aromatic carbocycles. The summed E-state index contributed by atoms with van der Waals surface area (Å²) in [6.07, 6.45) is 4.18. The highest BCUT2D eigenvalue weighted by atomic mass is 16.1. The van der Waals surface area contributed by atoms with Crippen molar-refractivity contribution in [3.63, 3.8) is 0 Å². The molecule has 1 amide bonds. The van der Waals surface area contributed by atoms with Crippen LogP contribution >= 0.6 is 0 Å². The Morgan fingerprint density at radius 3 is 3.00 bits per heavy atom. The number of rotatable bonds is 6. The van der Waals surface area contributed by atoms with Gasteiger partial charge in [-0.25, -0.2) is 0 Å². The third-order valence-electron chi connectivity index (χ3n) is 3.11. The van der Waals surface area contributed by atoms with Crippen LogP contribution in [0.5, 0.6) is 0 Å². The van der Waals surface area contributed by atoms with E-state index in [1.807, 2.05) is 18.2 Å². The maximum Gasteiger partial charge on any atom is 0.258 e. The van der Waals surface area contributed by atoms with Gasteiger partial charge in [0.2, 0.25) is 0 Å². The zero-order valence-electron chi connectivity index (χ0n) is 11.8. The molecule has 5 heteroatoms. The van der Waals surface area contributed by atoms with Crippen molar-refractivity contribution in [2.45, 2.75) is 26.3 Å². The lowest BCUT2D eigenvalue weighted by atomic mass is 10.1. The fourth-order valence-electron chi connectivity index (χ4n) is 1.94. The third kappa shape index (κ3) is 3.68. The number of hydrogen-bond acceptors (Lipinski definition) is 3. The first-order valence-electron chi connectivity index (χ1n) is 6.84. The van der Waals surface area contributed by atoms with Gasteiger partial charge in [-0.05, 0) is 37.6 Å². The van der Waals surface area contributed by atoms with Crippen LogP contribution in [0.15, 0.2) is 36.7 Å². The molecule has 0 radical (unpaired) electrons. The van der Waals surface area contributed by atoms with Crippen molar-refractivity contribution in [1.82, 2.24) is 15.5 Å². The highest BCUT2D eigenvalue weighted by molar-refractivity contribution is 6.03. The highest BCUT2D eigenvalue weighted by Crippen LogP contribution is 2.18. The van der Waals surface area contributed by atoms with Gasteiger partial charge in [-0.1, -0.05) is 19.1 Å². The summed E-state index contributed by atoms with van der Waals surface area (Å²) in [5.41, 5.74) is 2.47. The summed E-state index contributed by atoms with van der Waals surface area (Å²) in [5, 5.41) is 12.7. The van der Waals surface area contributed by atoms with E-state index in [-0.39, 0.29) is 11.9 Å². The van der Waals surface area contributed by atoms with Crippen molar-refractivity contribution >= 4 is 11.6 Å². The smallest absolute Gasteiger partial charge is 0.258 e. The summed E-state index contributed by atoms with van der Waals surface area (Å²) < 4.78 is 0. The van der Waals surface area contributed by atoms with E-state index in [9.17, 15) is 4.79 Å². The fraction of sp³-hybridized carbons (Fsp3) is 0.333. The number of carbonyl (C=O) groups is 1. The molecule has 1 atom stereocenters. The van der Waals surface area contributed by atoms with Gasteiger partial charge in [-0.3, -0.25) is 9.89 Å². The third-order valence-corrected chi connectivity index (χ3v) is 3.11. The summed E-state index contributed by atoms with van der Waals surface area (Å²) in [6, 6.07) is 8.14. The molecule has 0 spiro atoms. The van der Waals surface area contributed by atoms with Crippen molar-refractivity contribution in [3.8, 4) is 0 Å². The number of carbonyl (C=O) groups excluding carboxylic acids is 1. The molecule has 2 rings (SSSR count). The molecule has 1 aromatic heterocycles. The number of aromatic nitrogens is 2. The van der Waals surface area contributed by atoms with Crippen LogP contribution in [0.2, 0.25) is 0 Å². The Bertz CT molecular complexity index is 551. The van der Waals surface area contributed by atoms with Crippen LogP contribution in [-0.4, -0.2) is 22.6 Å². The van der Waals surface area contributed by atoms with Crippen LogP contribution < -0.4 is 10.6 Å². The van der Waals surface area contributed by atoms with Gasteiger partial charge in [0, 0.05) is 17.9 Å². The van der Waals surface area contributed by atoms with Gasteiger partial charge in [0.15, 0.2) is 0 Å². The highest BCUT2D eigenvalue weighted by Gasteiger charge is 2.09. The lowest BCUT2D eigenvalue weighted by Crippen LogP contribution is -2.19. The molecule has 1 unspecified atom stereocenters. The minimum Gasteiger partial charge on any atom is -0.322 e. The summed E-state index contributed by atoms with van der Waals surface area (Å²) in [5.74, 6) is -0.162. The quantitative estimate of drug-likeness (QED) is 0.757. The number of H-pyrrole nitrogens is 1. The number of aromatic amines is 1. The van der Waals surface area contributed by atoms with Crippen molar-refractivity contribution in [2.75, 3.05) is 11.9 Å². The molecule has 0 saturated heterocycles. The Kier molecular flexibility index (Phi) is 4.90. The van der Waals surface area contributed by atoms with Crippen molar-refractivity contribution < 1.29 is 4.79 Å². The SMILES string of the molecule is CCCNC(C)c1cccc(NC(=O)c2cn[nH]c2)c1. The van der Waals surface area contributed by atoms with Crippen molar-refractivity contribution in [2.24, 2.45) is 0 Å². The van der Waals surface area contributed by atoms with Crippen molar-refractivity contribution in [3.05, 3.63) is 47.8 Å². The van der Waals surface area contributed by atoms with E-state index in [4.69, 9.17) is 0 Å². The zero-order chi connectivity index (χ0) is 14.4. The largest absolute Gasteiger partial charge is 0.322 e. The zero-order valence-corrected chi connectivity index (χ0v) is 11.8. The summed E-state index contributed by atoms with van der Waals surface area (Å²) >= 11 is 0. The monoisotopic (exact) mass is 272 g/mol. The lowest BCUT2D eigenvalue weighted by molar-refractivity contribution is 0.102. The van der Waals surface area contributed by atoms with Gasteiger partial charge in [-0.15, -0.1) is 0 Å². The van der Waals surface area contributed by atoms with Crippen LogP contribution in [0.25, 0.3) is 0 Å². The molecule has 0 bridgehead atoms. The molecular weight excluding hydrogens is 252 g/mol. The Balaban J connectivity index is 2.04. The predicted octanol–water partition coefficient (Wildman–Crippen LogP) is 2.72. The fourth-order valence-corrected chi connectivity index (χ4v) is 1.94. The standard InChI is InChI=1S/C15H20N4O/c1-3-7-16-11(2)12-5-4-6-14(8-12)19-15(20)13-9-17-18-10-13/h4-6,8-11,16H,3,7H2,1-2H3,(H,17,18)(H,19,20). The van der Waals surface area contributed by atoms with E-state index >= 15 is 0 Å². The topological polar surface area (TPSA) is 69.8 Å². The molecule has 106 valence electrons. The van der Waals surface area contributed by atoms with E-state index in [1.165, 1.54) is 6.20 Å². The second-order valence-corrected chi connectivity index (χ2v) is 4.74. The van der Waals surface area contributed by atoms with Gasteiger partial charge in [0.1, 0.15) is 0 Å². The molecule has 2 aromatic rings. The number of nitrogens with zero attached hydrogens (tertiary/aromatic N) is 1. The van der Waals surface area contributed by atoms with Crippen LogP contribution in [-0.2, 0) is 0 Å². The lowest BCUT2D eigenvalue weighted by Gasteiger charge is -2.15. The molecule has 0 aliphatic heterocycles. The molecule has 0 saturated carbocycles. The minimum absolute atomic E-state index is 0.162. The first-order chi connectivity index (χ1) is 9.70. The molecule has 1 heterocycles. The summed E-state index contributed by atoms with van der Waals surface area (Å²) in [6.45, 7) is 5.24. The van der Waals surface area contributed by atoms with E-state index < -0.39 is 0 Å². The molecular formula is C15H20N4O. The van der Waals surface area contributed by atoms with E-state index in [0.717, 1.165) is 24.2 Å². The van der Waals surface area contributed by atoms with Crippen LogP contribution in [0.1, 0.15) is 42.2 Å². The minimum atomic E-state index is -0.162. The Morgan fingerprint density at radius 1 is 1.45 bits per heavy atom. The number of nitrogens with one attached hydrogen (secondary N) is 3. The maximum absolute atomic E-state index is 11.9. The van der Waals surface area contributed by atoms with Gasteiger partial charge >= 0.3 is 0 Å². The Labute approximate surface area is 118 Å². The predicted molar refractivity (Wildman–Crippen MR) is 79.7 cm³/mol. The average molecular weight is 272 g/mol. The molecule has 5 nitrogen and oxygen atoms in total. The molecule has 0 aliphatic carbocycles. The Hall–Kier alpha value is -2.14. The maximum atomic E-state index is 11.9. The van der Waals surface area contributed by atoms with Gasteiger partial charge < -0.3 is 10.6 Å². The first kappa shape index (κ1) is 14.3.